The van der Waals surface area contributed by atoms with Crippen LogP contribution in [0.25, 0.3) is 0 Å². The van der Waals surface area contributed by atoms with Gasteiger partial charge in [-0.1, -0.05) is 12.1 Å². The van der Waals surface area contributed by atoms with Crippen molar-refractivity contribution in [2.75, 3.05) is 6.61 Å². The van der Waals surface area contributed by atoms with Crippen molar-refractivity contribution < 1.29 is 19.4 Å². The van der Waals surface area contributed by atoms with E-state index in [1.807, 2.05) is 18.2 Å². The summed E-state index contributed by atoms with van der Waals surface area (Å²) in [5, 5.41) is 16.3. The van der Waals surface area contributed by atoms with Crippen LogP contribution in [0, 0.1) is 0 Å². The Balaban J connectivity index is 1.60. The van der Waals surface area contributed by atoms with Crippen molar-refractivity contribution >= 4 is 11.9 Å². The number of rotatable bonds is 3. The largest absolute Gasteiger partial charge is 0.476 e. The molecule has 2 N–H and O–H groups in total. The summed E-state index contributed by atoms with van der Waals surface area (Å²) in [4.78, 5) is 24.0. The topological polar surface area (TPSA) is 93.5 Å². The smallest absolute Gasteiger partial charge is 0.356 e. The van der Waals surface area contributed by atoms with Gasteiger partial charge in [0.2, 0.25) is 0 Å². The predicted molar refractivity (Wildman–Crippen MR) is 88.4 cm³/mol. The first-order valence-electron chi connectivity index (χ1n) is 8.44. The fourth-order valence-corrected chi connectivity index (χ4v) is 3.60. The molecule has 1 unspecified atom stereocenters. The van der Waals surface area contributed by atoms with E-state index in [0.29, 0.717) is 25.3 Å². The molecular weight excluding hydrogens is 322 g/mol. The lowest BCUT2D eigenvalue weighted by Crippen LogP contribution is -2.33. The standard InChI is InChI=1S/C18H19N3O4/c22-17(13-4-1-3-11-10-25-8-6-12(11)13)19-14-5-2-7-21-16(14)9-15(20-21)18(23)24/h1,3-4,9,14H,2,5-8,10H2,(H,19,22)(H,23,24). The second-order valence-electron chi connectivity index (χ2n) is 6.40. The van der Waals surface area contributed by atoms with Crippen LogP contribution < -0.4 is 5.32 Å². The van der Waals surface area contributed by atoms with Crippen molar-refractivity contribution in [2.45, 2.75) is 38.5 Å². The highest BCUT2D eigenvalue weighted by molar-refractivity contribution is 5.96. The van der Waals surface area contributed by atoms with Gasteiger partial charge >= 0.3 is 5.97 Å². The number of carboxylic acids is 1. The Bertz CT molecular complexity index is 843. The van der Waals surface area contributed by atoms with Gasteiger partial charge in [0.05, 0.1) is 24.9 Å². The minimum absolute atomic E-state index is 0.0189. The molecule has 0 aliphatic carbocycles. The molecule has 0 saturated heterocycles. The molecular formula is C18H19N3O4. The van der Waals surface area contributed by atoms with E-state index in [4.69, 9.17) is 9.84 Å². The molecule has 0 spiro atoms. The first kappa shape index (κ1) is 15.8. The molecule has 2 aliphatic rings. The summed E-state index contributed by atoms with van der Waals surface area (Å²) in [6.07, 6.45) is 2.35. The number of aromatic nitrogens is 2. The summed E-state index contributed by atoms with van der Waals surface area (Å²) in [6, 6.07) is 7.02. The SMILES string of the molecule is O=C(O)c1cc2n(n1)CCCC2NC(=O)c1cccc2c1CCOC2. The van der Waals surface area contributed by atoms with Crippen molar-refractivity contribution in [2.24, 2.45) is 0 Å². The van der Waals surface area contributed by atoms with Crippen LogP contribution in [0.2, 0.25) is 0 Å². The normalized spacial score (nSPS) is 19.0. The minimum Gasteiger partial charge on any atom is -0.476 e. The van der Waals surface area contributed by atoms with E-state index in [-0.39, 0.29) is 17.6 Å². The van der Waals surface area contributed by atoms with Gasteiger partial charge in [-0.25, -0.2) is 4.79 Å². The maximum Gasteiger partial charge on any atom is 0.356 e. The number of benzene rings is 1. The highest BCUT2D eigenvalue weighted by Gasteiger charge is 2.27. The summed E-state index contributed by atoms with van der Waals surface area (Å²) in [7, 11) is 0. The van der Waals surface area contributed by atoms with Gasteiger partial charge in [0.25, 0.3) is 5.91 Å². The first-order chi connectivity index (χ1) is 12.1. The van der Waals surface area contributed by atoms with Crippen molar-refractivity contribution in [1.82, 2.24) is 15.1 Å². The van der Waals surface area contributed by atoms with E-state index in [1.54, 1.807) is 10.7 Å². The fourth-order valence-electron chi connectivity index (χ4n) is 3.60. The molecule has 130 valence electrons. The van der Waals surface area contributed by atoms with Crippen molar-refractivity contribution in [1.29, 1.82) is 0 Å². The van der Waals surface area contributed by atoms with E-state index in [2.05, 4.69) is 10.4 Å². The third kappa shape index (κ3) is 2.91. The van der Waals surface area contributed by atoms with Gasteiger partial charge in [-0.05, 0) is 42.5 Å². The lowest BCUT2D eigenvalue weighted by atomic mass is 9.96. The molecule has 0 bridgehead atoms. The van der Waals surface area contributed by atoms with Crippen molar-refractivity contribution in [3.63, 3.8) is 0 Å². The Kier molecular flexibility index (Phi) is 4.01. The quantitative estimate of drug-likeness (QED) is 0.890. The Morgan fingerprint density at radius 3 is 3.08 bits per heavy atom. The van der Waals surface area contributed by atoms with Crippen LogP contribution in [-0.4, -0.2) is 33.4 Å². The second-order valence-corrected chi connectivity index (χ2v) is 6.40. The van der Waals surface area contributed by atoms with E-state index in [0.717, 1.165) is 36.1 Å². The predicted octanol–water partition coefficient (Wildman–Crippen LogP) is 1.92. The average molecular weight is 341 g/mol. The van der Waals surface area contributed by atoms with E-state index >= 15 is 0 Å². The summed E-state index contributed by atoms with van der Waals surface area (Å²) in [5.74, 6) is -1.18. The summed E-state index contributed by atoms with van der Waals surface area (Å²) in [5.41, 5.74) is 3.55. The van der Waals surface area contributed by atoms with Crippen LogP contribution in [0.1, 0.15) is 56.6 Å². The van der Waals surface area contributed by atoms with Gasteiger partial charge in [0, 0.05) is 12.1 Å². The third-order valence-corrected chi connectivity index (χ3v) is 4.83. The first-order valence-corrected chi connectivity index (χ1v) is 8.44. The molecule has 1 aromatic heterocycles. The molecule has 25 heavy (non-hydrogen) atoms. The highest BCUT2D eigenvalue weighted by atomic mass is 16.5. The molecule has 3 heterocycles. The highest BCUT2D eigenvalue weighted by Crippen LogP contribution is 2.27. The number of carboxylic acid groups (broad SMARTS) is 1. The minimum atomic E-state index is -1.05. The van der Waals surface area contributed by atoms with Gasteiger partial charge < -0.3 is 15.2 Å². The van der Waals surface area contributed by atoms with Crippen LogP contribution in [0.15, 0.2) is 24.3 Å². The zero-order valence-corrected chi connectivity index (χ0v) is 13.7. The number of carbonyl (C=O) groups excluding carboxylic acids is 1. The number of nitrogens with one attached hydrogen (secondary N) is 1. The molecule has 2 aliphatic heterocycles. The Morgan fingerprint density at radius 1 is 1.36 bits per heavy atom. The number of fused-ring (bicyclic) bond motifs is 2. The van der Waals surface area contributed by atoms with E-state index in [9.17, 15) is 9.59 Å². The van der Waals surface area contributed by atoms with Crippen LogP contribution >= 0.6 is 0 Å². The summed E-state index contributed by atoms with van der Waals surface area (Å²) >= 11 is 0. The second kappa shape index (κ2) is 6.33. The molecule has 7 nitrogen and oxygen atoms in total. The van der Waals surface area contributed by atoms with Gasteiger partial charge in [0.1, 0.15) is 0 Å². The van der Waals surface area contributed by atoms with Gasteiger partial charge in [-0.2, -0.15) is 5.10 Å². The molecule has 0 radical (unpaired) electrons. The lowest BCUT2D eigenvalue weighted by molar-refractivity contribution is 0.0689. The average Bonchev–Trinajstić information content (AvgIpc) is 3.07. The van der Waals surface area contributed by atoms with E-state index in [1.165, 1.54) is 0 Å². The van der Waals surface area contributed by atoms with Gasteiger partial charge in [0.15, 0.2) is 5.69 Å². The number of hydrogen-bond donors (Lipinski definition) is 2. The molecule has 0 fully saturated rings. The van der Waals surface area contributed by atoms with Crippen molar-refractivity contribution in [3.05, 3.63) is 52.3 Å². The molecule has 7 heteroatoms. The number of ether oxygens (including phenoxy) is 1. The van der Waals surface area contributed by atoms with Gasteiger partial charge in [-0.3, -0.25) is 9.48 Å². The number of hydrogen-bond acceptors (Lipinski definition) is 4. The molecule has 1 aromatic carbocycles. The maximum absolute atomic E-state index is 12.8. The number of amides is 1. The Morgan fingerprint density at radius 2 is 2.24 bits per heavy atom. The zero-order chi connectivity index (χ0) is 17.4. The van der Waals surface area contributed by atoms with E-state index < -0.39 is 5.97 Å². The lowest BCUT2D eigenvalue weighted by Gasteiger charge is -2.26. The number of aromatic carboxylic acids is 1. The van der Waals surface area contributed by atoms with Gasteiger partial charge in [-0.15, -0.1) is 0 Å². The Labute approximate surface area is 144 Å². The van der Waals surface area contributed by atoms with Crippen LogP contribution in [0.4, 0.5) is 0 Å². The number of nitrogens with zero attached hydrogens (tertiary/aromatic N) is 2. The maximum atomic E-state index is 12.8. The monoisotopic (exact) mass is 341 g/mol. The van der Waals surface area contributed by atoms with Crippen molar-refractivity contribution in [3.8, 4) is 0 Å². The number of carbonyl (C=O) groups is 2. The fraction of sp³-hybridized carbons (Fsp3) is 0.389. The molecule has 2 aromatic rings. The number of aryl methyl sites for hydroxylation is 1. The van der Waals surface area contributed by atoms with Crippen LogP contribution in [0.3, 0.4) is 0 Å². The molecule has 4 rings (SSSR count). The zero-order valence-electron chi connectivity index (χ0n) is 13.7. The summed E-state index contributed by atoms with van der Waals surface area (Å²) < 4.78 is 7.14. The molecule has 1 amide bonds. The molecule has 0 saturated carbocycles. The third-order valence-electron chi connectivity index (χ3n) is 4.83. The summed E-state index contributed by atoms with van der Waals surface area (Å²) in [6.45, 7) is 1.83. The van der Waals surface area contributed by atoms with Crippen LogP contribution in [0.5, 0.6) is 0 Å². The Hall–Kier alpha value is -2.67. The van der Waals surface area contributed by atoms with Crippen LogP contribution in [-0.2, 0) is 24.3 Å². The molecule has 1 atom stereocenters.